The molecule has 14 rings (SSSR count). The van der Waals surface area contributed by atoms with E-state index in [0.717, 1.165) is 99.5 Å². The van der Waals surface area contributed by atoms with Gasteiger partial charge in [-0.1, -0.05) is 170 Å². The lowest BCUT2D eigenvalue weighted by molar-refractivity contribution is 0.668. The molecule has 0 aliphatic carbocycles. The standard InChI is InChI=1S/C63H38N4O2/c1-4-16-39(17-5-1)42-31-33-54-51(35-42)47-24-10-12-27-53(47)67(54)55-38-59-52(48-25-11-13-28-56(48)68-59)37-50(55)44-30-32-49-58(36-44)69-57-29-15-26-46(60(49)57)43-22-14-23-45(34-43)63-65-61(40-18-6-2-7-19-40)64-62(66-63)41-20-8-3-9-21-41/h1-38H. The van der Waals surface area contributed by atoms with Gasteiger partial charge >= 0.3 is 0 Å². The quantitative estimate of drug-likeness (QED) is 0.159. The Balaban J connectivity index is 0.932. The Bertz CT molecular complexity index is 4250. The molecule has 0 atom stereocenters. The molecule has 0 bridgehead atoms. The smallest absolute Gasteiger partial charge is 0.164 e. The van der Waals surface area contributed by atoms with Crippen LogP contribution >= 0.6 is 0 Å². The zero-order valence-corrected chi connectivity index (χ0v) is 37.0. The van der Waals surface area contributed by atoms with Crippen LogP contribution in [0.2, 0.25) is 0 Å². The Kier molecular flexibility index (Phi) is 8.79. The summed E-state index contributed by atoms with van der Waals surface area (Å²) >= 11 is 0. The largest absolute Gasteiger partial charge is 0.456 e. The molecule has 69 heavy (non-hydrogen) atoms. The minimum atomic E-state index is 0.608. The second kappa shape index (κ2) is 15.6. The van der Waals surface area contributed by atoms with Crippen LogP contribution in [0.1, 0.15) is 0 Å². The second-order valence-electron chi connectivity index (χ2n) is 17.5. The summed E-state index contributed by atoms with van der Waals surface area (Å²) in [5.41, 5.74) is 15.9. The summed E-state index contributed by atoms with van der Waals surface area (Å²) < 4.78 is 15.8. The first-order chi connectivity index (χ1) is 34.2. The van der Waals surface area contributed by atoms with E-state index in [9.17, 15) is 0 Å². The van der Waals surface area contributed by atoms with Gasteiger partial charge in [0.05, 0.1) is 16.7 Å². The van der Waals surface area contributed by atoms with E-state index < -0.39 is 0 Å². The van der Waals surface area contributed by atoms with Crippen LogP contribution in [0.4, 0.5) is 0 Å². The van der Waals surface area contributed by atoms with Crippen LogP contribution in [-0.2, 0) is 0 Å². The maximum absolute atomic E-state index is 6.83. The van der Waals surface area contributed by atoms with Gasteiger partial charge in [-0.3, -0.25) is 0 Å². The molecule has 0 aliphatic rings. The fourth-order valence-electron chi connectivity index (χ4n) is 10.2. The van der Waals surface area contributed by atoms with E-state index in [1.807, 2.05) is 72.8 Å². The molecule has 0 saturated heterocycles. The number of benzene rings is 10. The summed E-state index contributed by atoms with van der Waals surface area (Å²) in [5, 5.41) is 6.61. The predicted octanol–water partition coefficient (Wildman–Crippen LogP) is 16.8. The summed E-state index contributed by atoms with van der Waals surface area (Å²) in [6.45, 7) is 0. The van der Waals surface area contributed by atoms with Crippen LogP contribution in [0.25, 0.3) is 139 Å². The van der Waals surface area contributed by atoms with Gasteiger partial charge in [0.25, 0.3) is 0 Å². The first-order valence-corrected chi connectivity index (χ1v) is 23.2. The van der Waals surface area contributed by atoms with Gasteiger partial charge in [-0.05, 0) is 82.4 Å². The third-order valence-electron chi connectivity index (χ3n) is 13.5. The number of hydrogen-bond acceptors (Lipinski definition) is 5. The molecule has 6 heteroatoms. The third kappa shape index (κ3) is 6.45. The van der Waals surface area contributed by atoms with Crippen molar-refractivity contribution in [2.75, 3.05) is 0 Å². The normalized spacial score (nSPS) is 11.8. The molecule has 0 fully saturated rings. The Hall–Kier alpha value is -9.39. The summed E-state index contributed by atoms with van der Waals surface area (Å²) in [7, 11) is 0. The zero-order chi connectivity index (χ0) is 45.4. The van der Waals surface area contributed by atoms with Gasteiger partial charge in [-0.2, -0.15) is 0 Å². The number of fused-ring (bicyclic) bond motifs is 9. The van der Waals surface area contributed by atoms with Crippen molar-refractivity contribution in [3.05, 3.63) is 231 Å². The molecular weight excluding hydrogens is 845 g/mol. The van der Waals surface area contributed by atoms with Crippen LogP contribution in [0.3, 0.4) is 0 Å². The summed E-state index contributed by atoms with van der Waals surface area (Å²) in [4.78, 5) is 15.0. The van der Waals surface area contributed by atoms with E-state index in [-0.39, 0.29) is 0 Å². The van der Waals surface area contributed by atoms with Gasteiger partial charge in [0.15, 0.2) is 17.5 Å². The molecule has 6 nitrogen and oxygen atoms in total. The maximum Gasteiger partial charge on any atom is 0.164 e. The second-order valence-corrected chi connectivity index (χ2v) is 17.5. The van der Waals surface area contributed by atoms with Gasteiger partial charge < -0.3 is 13.4 Å². The van der Waals surface area contributed by atoms with Crippen LogP contribution < -0.4 is 0 Å². The topological polar surface area (TPSA) is 69.9 Å². The Morgan fingerprint density at radius 2 is 0.826 bits per heavy atom. The van der Waals surface area contributed by atoms with E-state index in [2.05, 4.69) is 162 Å². The number of hydrogen-bond donors (Lipinski definition) is 0. The maximum atomic E-state index is 6.83. The van der Waals surface area contributed by atoms with Crippen molar-refractivity contribution in [1.29, 1.82) is 0 Å². The molecule has 0 spiro atoms. The van der Waals surface area contributed by atoms with E-state index in [1.54, 1.807) is 0 Å². The van der Waals surface area contributed by atoms with Crippen molar-refractivity contribution >= 4 is 65.7 Å². The summed E-state index contributed by atoms with van der Waals surface area (Å²) in [6, 6.07) is 80.5. The van der Waals surface area contributed by atoms with Crippen LogP contribution in [0.5, 0.6) is 0 Å². The average Bonchev–Trinajstić information content (AvgIpc) is 4.10. The molecule has 0 unspecified atom stereocenters. The molecule has 14 aromatic rings. The SMILES string of the molecule is c1ccc(-c2ccc3c(c2)c2ccccc2n3-c2cc3oc4ccccc4c3cc2-c2ccc3c(c2)oc2cccc(-c4cccc(-c5nc(-c6ccccc6)nc(-c6ccccc6)n5)c4)c23)cc1. The Morgan fingerprint density at radius 1 is 0.275 bits per heavy atom. The monoisotopic (exact) mass is 882 g/mol. The van der Waals surface area contributed by atoms with E-state index >= 15 is 0 Å². The van der Waals surface area contributed by atoms with Crippen molar-refractivity contribution in [3.63, 3.8) is 0 Å². The summed E-state index contributed by atoms with van der Waals surface area (Å²) in [6.07, 6.45) is 0. The third-order valence-corrected chi connectivity index (χ3v) is 13.5. The lowest BCUT2D eigenvalue weighted by atomic mass is 9.96. The number of nitrogens with zero attached hydrogens (tertiary/aromatic N) is 4. The van der Waals surface area contributed by atoms with Gasteiger partial charge in [0.1, 0.15) is 22.3 Å². The lowest BCUT2D eigenvalue weighted by Crippen LogP contribution is -2.00. The van der Waals surface area contributed by atoms with Crippen LogP contribution in [0.15, 0.2) is 239 Å². The molecule has 10 aromatic carbocycles. The van der Waals surface area contributed by atoms with E-state index in [1.165, 1.54) is 21.9 Å². The fourth-order valence-corrected chi connectivity index (χ4v) is 10.2. The number of para-hydroxylation sites is 2. The molecular formula is C63H38N4O2. The highest BCUT2D eigenvalue weighted by Crippen LogP contribution is 2.44. The van der Waals surface area contributed by atoms with Crippen molar-refractivity contribution in [2.45, 2.75) is 0 Å². The van der Waals surface area contributed by atoms with Crippen LogP contribution in [0, 0.1) is 0 Å². The molecule has 4 heterocycles. The van der Waals surface area contributed by atoms with Crippen molar-refractivity contribution in [3.8, 4) is 73.2 Å². The number of rotatable bonds is 7. The predicted molar refractivity (Wildman–Crippen MR) is 281 cm³/mol. The first-order valence-electron chi connectivity index (χ1n) is 23.2. The minimum absolute atomic E-state index is 0.608. The first kappa shape index (κ1) is 38.8. The Morgan fingerprint density at radius 3 is 1.59 bits per heavy atom. The highest BCUT2D eigenvalue weighted by Gasteiger charge is 2.22. The highest BCUT2D eigenvalue weighted by atomic mass is 16.3. The van der Waals surface area contributed by atoms with E-state index in [0.29, 0.717) is 17.5 Å². The minimum Gasteiger partial charge on any atom is -0.456 e. The summed E-state index contributed by atoms with van der Waals surface area (Å²) in [5.74, 6) is 1.86. The zero-order valence-electron chi connectivity index (χ0n) is 37.0. The lowest BCUT2D eigenvalue weighted by Gasteiger charge is -2.15. The molecule has 0 amide bonds. The van der Waals surface area contributed by atoms with Crippen molar-refractivity contribution in [2.24, 2.45) is 0 Å². The van der Waals surface area contributed by atoms with Gasteiger partial charge in [0.2, 0.25) is 0 Å². The molecule has 0 radical (unpaired) electrons. The molecule has 322 valence electrons. The van der Waals surface area contributed by atoms with Crippen molar-refractivity contribution in [1.82, 2.24) is 19.5 Å². The molecule has 0 aliphatic heterocycles. The number of furan rings is 2. The van der Waals surface area contributed by atoms with Gasteiger partial charge in [-0.25, -0.2) is 15.0 Å². The highest BCUT2D eigenvalue weighted by molar-refractivity contribution is 6.15. The van der Waals surface area contributed by atoms with E-state index in [4.69, 9.17) is 23.8 Å². The van der Waals surface area contributed by atoms with Crippen LogP contribution in [-0.4, -0.2) is 19.5 Å². The average molecular weight is 883 g/mol. The van der Waals surface area contributed by atoms with Gasteiger partial charge in [0, 0.05) is 60.6 Å². The van der Waals surface area contributed by atoms with Gasteiger partial charge in [-0.15, -0.1) is 0 Å². The molecule has 0 N–H and O–H groups in total. The molecule has 0 saturated carbocycles. The number of aromatic nitrogens is 4. The van der Waals surface area contributed by atoms with Crippen molar-refractivity contribution < 1.29 is 8.83 Å². The fraction of sp³-hybridized carbons (Fsp3) is 0. The molecule has 4 aromatic heterocycles. The Labute approximate surface area is 396 Å².